The molecule has 0 radical (unpaired) electrons. The fraction of sp³-hybridized carbons (Fsp3) is 0.467. The maximum atomic E-state index is 12.1. The standard InChI is InChI=1S/C15H19N5O3/c1-19-14(21)6-5-13(18-19)15(22)17-11-8-16-20(9-11)10-12-4-2-3-7-23-12/h5-6,8-9,12H,2-4,7,10H2,1H3,(H,17,22). The van der Waals surface area contributed by atoms with E-state index in [1.807, 2.05) is 0 Å². The number of aryl methyl sites for hydroxylation is 1. The molecule has 1 amide bonds. The van der Waals surface area contributed by atoms with E-state index in [0.717, 1.165) is 24.1 Å². The van der Waals surface area contributed by atoms with Gasteiger partial charge in [-0.15, -0.1) is 0 Å². The molecule has 2 aromatic rings. The van der Waals surface area contributed by atoms with Crippen molar-refractivity contribution >= 4 is 11.6 Å². The van der Waals surface area contributed by atoms with Gasteiger partial charge in [0, 0.05) is 25.9 Å². The summed E-state index contributed by atoms with van der Waals surface area (Å²) in [6.45, 7) is 1.47. The van der Waals surface area contributed by atoms with Gasteiger partial charge in [-0.3, -0.25) is 14.3 Å². The molecule has 0 saturated carbocycles. The van der Waals surface area contributed by atoms with Crippen LogP contribution in [0.15, 0.2) is 29.3 Å². The van der Waals surface area contributed by atoms with Gasteiger partial charge in [0.25, 0.3) is 11.5 Å². The fourth-order valence-electron chi connectivity index (χ4n) is 2.51. The van der Waals surface area contributed by atoms with E-state index >= 15 is 0 Å². The van der Waals surface area contributed by atoms with E-state index in [9.17, 15) is 9.59 Å². The van der Waals surface area contributed by atoms with Crippen molar-refractivity contribution in [1.82, 2.24) is 19.6 Å². The largest absolute Gasteiger partial charge is 0.376 e. The first-order valence-corrected chi connectivity index (χ1v) is 7.61. The zero-order valence-electron chi connectivity index (χ0n) is 12.9. The lowest BCUT2D eigenvalue weighted by molar-refractivity contribution is 0.00401. The SMILES string of the molecule is Cn1nc(C(=O)Nc2cnn(CC3CCCCO3)c2)ccc1=O. The summed E-state index contributed by atoms with van der Waals surface area (Å²) < 4.78 is 8.56. The molecule has 3 rings (SSSR count). The molecule has 1 N–H and O–H groups in total. The molecule has 0 aromatic carbocycles. The first kappa shape index (κ1) is 15.4. The van der Waals surface area contributed by atoms with Crippen molar-refractivity contribution in [2.45, 2.75) is 31.9 Å². The molecule has 0 bridgehead atoms. The van der Waals surface area contributed by atoms with Crippen LogP contribution in [-0.4, -0.2) is 38.2 Å². The fourth-order valence-corrected chi connectivity index (χ4v) is 2.51. The highest BCUT2D eigenvalue weighted by Gasteiger charge is 2.15. The molecule has 1 aliphatic heterocycles. The zero-order chi connectivity index (χ0) is 16.2. The third-order valence-corrected chi connectivity index (χ3v) is 3.75. The van der Waals surface area contributed by atoms with Crippen LogP contribution in [0.25, 0.3) is 0 Å². The Morgan fingerprint density at radius 1 is 1.43 bits per heavy atom. The molecule has 23 heavy (non-hydrogen) atoms. The van der Waals surface area contributed by atoms with Crippen LogP contribution in [0.4, 0.5) is 5.69 Å². The summed E-state index contributed by atoms with van der Waals surface area (Å²) >= 11 is 0. The molecule has 1 fully saturated rings. The topological polar surface area (TPSA) is 91.0 Å². The van der Waals surface area contributed by atoms with E-state index in [4.69, 9.17) is 4.74 Å². The molecule has 1 saturated heterocycles. The maximum absolute atomic E-state index is 12.1. The number of nitrogens with zero attached hydrogens (tertiary/aromatic N) is 4. The quantitative estimate of drug-likeness (QED) is 0.900. The van der Waals surface area contributed by atoms with E-state index in [2.05, 4.69) is 15.5 Å². The summed E-state index contributed by atoms with van der Waals surface area (Å²) in [4.78, 5) is 23.4. The lowest BCUT2D eigenvalue weighted by Crippen LogP contribution is -2.24. The highest BCUT2D eigenvalue weighted by molar-refractivity contribution is 6.02. The van der Waals surface area contributed by atoms with Gasteiger partial charge in [-0.1, -0.05) is 0 Å². The molecular formula is C15H19N5O3. The average Bonchev–Trinajstić information content (AvgIpc) is 2.98. The molecule has 3 heterocycles. The Bertz CT molecular complexity index is 746. The van der Waals surface area contributed by atoms with E-state index in [-0.39, 0.29) is 23.3 Å². The Labute approximate surface area is 133 Å². The Balaban J connectivity index is 1.62. The summed E-state index contributed by atoms with van der Waals surface area (Å²) in [6.07, 6.45) is 6.85. The van der Waals surface area contributed by atoms with Crippen LogP contribution in [0.3, 0.4) is 0 Å². The predicted molar refractivity (Wildman–Crippen MR) is 83.2 cm³/mol. The summed E-state index contributed by atoms with van der Waals surface area (Å²) in [7, 11) is 1.50. The molecule has 1 unspecified atom stereocenters. The van der Waals surface area contributed by atoms with Crippen molar-refractivity contribution in [3.8, 4) is 0 Å². The van der Waals surface area contributed by atoms with Gasteiger partial charge in [-0.25, -0.2) is 4.68 Å². The normalized spacial score (nSPS) is 17.9. The van der Waals surface area contributed by atoms with Gasteiger partial charge in [-0.2, -0.15) is 10.2 Å². The van der Waals surface area contributed by atoms with Crippen LogP contribution >= 0.6 is 0 Å². The molecule has 8 nitrogen and oxygen atoms in total. The highest BCUT2D eigenvalue weighted by Crippen LogP contribution is 2.15. The van der Waals surface area contributed by atoms with Crippen LogP contribution < -0.4 is 10.9 Å². The van der Waals surface area contributed by atoms with Gasteiger partial charge < -0.3 is 10.1 Å². The van der Waals surface area contributed by atoms with Crippen LogP contribution in [0.2, 0.25) is 0 Å². The number of hydrogen-bond acceptors (Lipinski definition) is 5. The van der Waals surface area contributed by atoms with E-state index < -0.39 is 0 Å². The Hall–Kier alpha value is -2.48. The number of amides is 1. The Kier molecular flexibility index (Phi) is 4.52. The van der Waals surface area contributed by atoms with Gasteiger partial charge >= 0.3 is 0 Å². The second-order valence-electron chi connectivity index (χ2n) is 5.57. The minimum Gasteiger partial charge on any atom is -0.376 e. The minimum absolute atomic E-state index is 0.176. The summed E-state index contributed by atoms with van der Waals surface area (Å²) in [5.74, 6) is -0.380. The molecule has 0 spiro atoms. The van der Waals surface area contributed by atoms with E-state index in [1.54, 1.807) is 17.1 Å². The second kappa shape index (κ2) is 6.74. The predicted octanol–water partition coefficient (Wildman–Crippen LogP) is 0.798. The molecular weight excluding hydrogens is 298 g/mol. The van der Waals surface area contributed by atoms with Gasteiger partial charge in [0.15, 0.2) is 0 Å². The highest BCUT2D eigenvalue weighted by atomic mass is 16.5. The van der Waals surface area contributed by atoms with Crippen molar-refractivity contribution in [3.63, 3.8) is 0 Å². The van der Waals surface area contributed by atoms with Crippen molar-refractivity contribution in [1.29, 1.82) is 0 Å². The third kappa shape index (κ3) is 3.84. The number of nitrogens with one attached hydrogen (secondary N) is 1. The summed E-state index contributed by atoms with van der Waals surface area (Å²) in [5, 5.41) is 10.9. The Morgan fingerprint density at radius 2 is 2.30 bits per heavy atom. The number of carbonyl (C=O) groups is 1. The first-order valence-electron chi connectivity index (χ1n) is 7.61. The van der Waals surface area contributed by atoms with Crippen LogP contribution in [0, 0.1) is 0 Å². The lowest BCUT2D eigenvalue weighted by Gasteiger charge is -2.22. The van der Waals surface area contributed by atoms with Crippen molar-refractivity contribution in [2.75, 3.05) is 11.9 Å². The van der Waals surface area contributed by atoms with Gasteiger partial charge in [-0.05, 0) is 25.3 Å². The molecule has 0 aliphatic carbocycles. The van der Waals surface area contributed by atoms with Crippen LogP contribution in [0.5, 0.6) is 0 Å². The molecule has 122 valence electrons. The number of ether oxygens (including phenoxy) is 1. The van der Waals surface area contributed by atoms with Gasteiger partial charge in [0.2, 0.25) is 0 Å². The number of rotatable bonds is 4. The molecule has 2 aromatic heterocycles. The average molecular weight is 317 g/mol. The monoisotopic (exact) mass is 317 g/mol. The number of carbonyl (C=O) groups excluding carboxylic acids is 1. The van der Waals surface area contributed by atoms with Gasteiger partial charge in [0.1, 0.15) is 5.69 Å². The van der Waals surface area contributed by atoms with Gasteiger partial charge in [0.05, 0.1) is 24.5 Å². The first-order chi connectivity index (χ1) is 11.1. The molecule has 1 atom stereocenters. The third-order valence-electron chi connectivity index (χ3n) is 3.75. The van der Waals surface area contributed by atoms with E-state index in [1.165, 1.54) is 25.6 Å². The molecule has 8 heteroatoms. The number of anilines is 1. The Morgan fingerprint density at radius 3 is 3.04 bits per heavy atom. The summed E-state index contributed by atoms with van der Waals surface area (Å²) in [6, 6.07) is 2.71. The number of aromatic nitrogens is 4. The zero-order valence-corrected chi connectivity index (χ0v) is 12.9. The van der Waals surface area contributed by atoms with Crippen molar-refractivity contribution < 1.29 is 9.53 Å². The van der Waals surface area contributed by atoms with Crippen LogP contribution in [0.1, 0.15) is 29.8 Å². The molecule has 1 aliphatic rings. The maximum Gasteiger partial charge on any atom is 0.276 e. The lowest BCUT2D eigenvalue weighted by atomic mass is 10.1. The number of hydrogen-bond donors (Lipinski definition) is 1. The second-order valence-corrected chi connectivity index (χ2v) is 5.57. The smallest absolute Gasteiger partial charge is 0.276 e. The van der Waals surface area contributed by atoms with E-state index in [0.29, 0.717) is 12.2 Å². The van der Waals surface area contributed by atoms with Crippen molar-refractivity contribution in [3.05, 3.63) is 40.6 Å². The minimum atomic E-state index is -0.380. The van der Waals surface area contributed by atoms with Crippen LogP contribution in [-0.2, 0) is 18.3 Å². The van der Waals surface area contributed by atoms with Crippen molar-refractivity contribution in [2.24, 2.45) is 7.05 Å². The summed E-state index contributed by atoms with van der Waals surface area (Å²) in [5.41, 5.74) is 0.499.